The van der Waals surface area contributed by atoms with Gasteiger partial charge in [0.1, 0.15) is 0 Å². The Balaban J connectivity index is 3.24. The fraction of sp³-hybridized carbons (Fsp3) is 0.400. The minimum atomic E-state index is -4.14. The molecule has 0 amide bonds. The first-order valence-corrected chi connectivity index (χ1v) is 2.08. The molecule has 0 aromatic carbocycles. The van der Waals surface area contributed by atoms with Crippen molar-refractivity contribution >= 4 is 0 Å². The van der Waals surface area contributed by atoms with Crippen LogP contribution in [0.4, 0.5) is 13.2 Å². The van der Waals surface area contributed by atoms with Crippen molar-refractivity contribution in [3.8, 4) is 0 Å². The summed E-state index contributed by atoms with van der Waals surface area (Å²) in [6.07, 6.45) is -2.80. The highest BCUT2D eigenvalue weighted by Crippen LogP contribution is 2.19. The topological polar surface area (TPSA) is 0 Å². The summed E-state index contributed by atoms with van der Waals surface area (Å²) in [7, 11) is 0. The van der Waals surface area contributed by atoms with Crippen molar-refractivity contribution in [2.75, 3.05) is 0 Å². The number of alkyl halides is 3. The van der Waals surface area contributed by atoms with E-state index in [0.717, 1.165) is 0 Å². The molecule has 3 heteroatoms. The Labute approximate surface area is 46.0 Å². The lowest BCUT2D eigenvalue weighted by Crippen LogP contribution is -2.06. The summed E-state index contributed by atoms with van der Waals surface area (Å²) in [5.41, 5.74) is 0. The summed E-state index contributed by atoms with van der Waals surface area (Å²) in [5.74, 6) is 0. The number of allylic oxidation sites excluding steroid dienone is 1. The normalized spacial score (nSPS) is 11.4. The maximum Gasteiger partial charge on any atom is 0.392 e. The lowest BCUT2D eigenvalue weighted by atomic mass is 10.3. The lowest BCUT2D eigenvalue weighted by Gasteiger charge is -2.00. The molecule has 0 aliphatic heterocycles. The van der Waals surface area contributed by atoms with E-state index < -0.39 is 6.18 Å². The fourth-order valence-corrected chi connectivity index (χ4v) is 0.217. The molecule has 0 N–H and O–H groups in total. The molecule has 0 aliphatic carbocycles. The van der Waals surface area contributed by atoms with Crippen LogP contribution < -0.4 is 0 Å². The van der Waals surface area contributed by atoms with E-state index in [4.69, 9.17) is 0 Å². The van der Waals surface area contributed by atoms with Crippen LogP contribution in [0.3, 0.4) is 0 Å². The van der Waals surface area contributed by atoms with Gasteiger partial charge in [-0.2, -0.15) is 13.2 Å². The quantitative estimate of drug-likeness (QED) is 0.494. The number of hydrogen-bond donors (Lipinski definition) is 0. The third kappa shape index (κ3) is 5.53. The van der Waals surface area contributed by atoms with Gasteiger partial charge < -0.3 is 0 Å². The van der Waals surface area contributed by atoms with Gasteiger partial charge in [0.25, 0.3) is 0 Å². The van der Waals surface area contributed by atoms with Gasteiger partial charge in [-0.05, 0) is 6.42 Å². The van der Waals surface area contributed by atoms with E-state index in [1.54, 1.807) is 0 Å². The third-order valence-corrected chi connectivity index (χ3v) is 0.516. The van der Waals surface area contributed by atoms with Gasteiger partial charge in [0, 0.05) is 0 Å². The van der Waals surface area contributed by atoms with Gasteiger partial charge >= 0.3 is 6.18 Å². The first kappa shape index (κ1) is 7.53. The minimum Gasteiger partial charge on any atom is -0.171 e. The molecule has 0 saturated carbocycles. The highest BCUT2D eigenvalue weighted by Gasteiger charge is 2.25. The first-order valence-electron chi connectivity index (χ1n) is 2.08. The van der Waals surface area contributed by atoms with Crippen molar-refractivity contribution in [3.63, 3.8) is 0 Å². The van der Waals surface area contributed by atoms with Gasteiger partial charge in [0.05, 0.1) is 6.42 Å². The van der Waals surface area contributed by atoms with Crippen LogP contribution in [0.25, 0.3) is 0 Å². The predicted molar refractivity (Wildman–Crippen MR) is 25.2 cm³/mol. The molecular weight excluding hydrogens is 117 g/mol. The Bertz CT molecular complexity index is 72.2. The summed E-state index contributed by atoms with van der Waals surface area (Å²) < 4.78 is 33.4. The zero-order chi connectivity index (χ0) is 6.62. The standard InChI is InChI=1S/C5H6F3/c1-2-3-4-5(6,7)8/h2,4H,1,3H2. The van der Waals surface area contributed by atoms with Gasteiger partial charge in [-0.25, -0.2) is 0 Å². The summed E-state index contributed by atoms with van der Waals surface area (Å²) in [4.78, 5) is 0. The van der Waals surface area contributed by atoms with E-state index in [2.05, 4.69) is 6.58 Å². The Hall–Kier alpha value is -0.470. The van der Waals surface area contributed by atoms with Crippen LogP contribution >= 0.6 is 0 Å². The molecule has 0 aromatic rings. The van der Waals surface area contributed by atoms with Crippen LogP contribution in [0.15, 0.2) is 12.7 Å². The van der Waals surface area contributed by atoms with E-state index in [0.29, 0.717) is 0 Å². The molecule has 8 heavy (non-hydrogen) atoms. The molecule has 0 aromatic heterocycles. The van der Waals surface area contributed by atoms with Crippen molar-refractivity contribution in [3.05, 3.63) is 19.1 Å². The Morgan fingerprint density at radius 1 is 1.38 bits per heavy atom. The van der Waals surface area contributed by atoms with Gasteiger partial charge in [0.15, 0.2) is 0 Å². The van der Waals surface area contributed by atoms with Crippen LogP contribution in [0.5, 0.6) is 0 Å². The van der Waals surface area contributed by atoms with Crippen molar-refractivity contribution in [1.82, 2.24) is 0 Å². The Morgan fingerprint density at radius 2 is 1.88 bits per heavy atom. The number of rotatable bonds is 2. The molecule has 0 fully saturated rings. The molecule has 0 atom stereocenters. The average molecular weight is 123 g/mol. The maximum atomic E-state index is 11.1. The van der Waals surface area contributed by atoms with Crippen LogP contribution in [0, 0.1) is 6.42 Å². The van der Waals surface area contributed by atoms with Crippen molar-refractivity contribution in [1.29, 1.82) is 0 Å². The molecule has 0 nitrogen and oxygen atoms in total. The van der Waals surface area contributed by atoms with Gasteiger partial charge in [0.2, 0.25) is 0 Å². The molecule has 0 unspecified atom stereocenters. The Kier molecular flexibility index (Phi) is 2.58. The summed E-state index contributed by atoms with van der Waals surface area (Å²) in [6, 6.07) is 0. The zero-order valence-corrected chi connectivity index (χ0v) is 4.20. The van der Waals surface area contributed by atoms with Crippen LogP contribution in [-0.4, -0.2) is 6.18 Å². The smallest absolute Gasteiger partial charge is 0.171 e. The van der Waals surface area contributed by atoms with E-state index in [1.165, 1.54) is 6.08 Å². The average Bonchev–Trinajstić information content (AvgIpc) is 1.59. The molecule has 0 rings (SSSR count). The number of halogens is 3. The van der Waals surface area contributed by atoms with Crippen molar-refractivity contribution in [2.24, 2.45) is 0 Å². The van der Waals surface area contributed by atoms with Crippen LogP contribution in [-0.2, 0) is 0 Å². The molecule has 0 saturated heterocycles. The molecule has 0 spiro atoms. The van der Waals surface area contributed by atoms with Gasteiger partial charge in [-0.15, -0.1) is 6.58 Å². The number of hydrogen-bond acceptors (Lipinski definition) is 0. The molecule has 47 valence electrons. The second-order valence-electron chi connectivity index (χ2n) is 1.27. The van der Waals surface area contributed by atoms with E-state index >= 15 is 0 Å². The van der Waals surface area contributed by atoms with Crippen LogP contribution in [0.1, 0.15) is 6.42 Å². The van der Waals surface area contributed by atoms with Crippen molar-refractivity contribution < 1.29 is 13.2 Å². The molecule has 1 radical (unpaired) electrons. The Morgan fingerprint density at radius 3 is 2.00 bits per heavy atom. The first-order chi connectivity index (χ1) is 3.56. The van der Waals surface area contributed by atoms with E-state index in [9.17, 15) is 13.2 Å². The summed E-state index contributed by atoms with van der Waals surface area (Å²) in [6.45, 7) is 3.13. The summed E-state index contributed by atoms with van der Waals surface area (Å²) >= 11 is 0. The largest absolute Gasteiger partial charge is 0.392 e. The fourth-order valence-electron chi connectivity index (χ4n) is 0.217. The van der Waals surface area contributed by atoms with Gasteiger partial charge in [-0.3, -0.25) is 0 Å². The lowest BCUT2D eigenvalue weighted by molar-refractivity contribution is -0.0970. The predicted octanol–water partition coefficient (Wildman–Crippen LogP) is 2.33. The zero-order valence-electron chi connectivity index (χ0n) is 4.20. The van der Waals surface area contributed by atoms with Crippen molar-refractivity contribution in [2.45, 2.75) is 12.6 Å². The summed E-state index contributed by atoms with van der Waals surface area (Å²) in [5, 5.41) is 0. The molecular formula is C5H6F3. The molecule has 0 bridgehead atoms. The highest BCUT2D eigenvalue weighted by atomic mass is 19.4. The third-order valence-electron chi connectivity index (χ3n) is 0.516. The monoisotopic (exact) mass is 123 g/mol. The van der Waals surface area contributed by atoms with Crippen LogP contribution in [0.2, 0.25) is 0 Å². The molecule has 0 heterocycles. The highest BCUT2D eigenvalue weighted by molar-refractivity contribution is 4.83. The SMILES string of the molecule is C=CC[CH]C(F)(F)F. The maximum absolute atomic E-state index is 11.1. The second-order valence-corrected chi connectivity index (χ2v) is 1.27. The molecule has 0 aliphatic rings. The minimum absolute atomic E-state index is 0.108. The second kappa shape index (κ2) is 2.74. The van der Waals surface area contributed by atoms with Gasteiger partial charge in [-0.1, -0.05) is 6.08 Å². The van der Waals surface area contributed by atoms with E-state index in [1.807, 2.05) is 0 Å². The van der Waals surface area contributed by atoms with E-state index in [-0.39, 0.29) is 12.8 Å².